The van der Waals surface area contributed by atoms with Crippen molar-refractivity contribution in [1.82, 2.24) is 9.80 Å². The molecular formula is C27H29N3OS. The van der Waals surface area contributed by atoms with Crippen molar-refractivity contribution in [3.05, 3.63) is 96.6 Å². The van der Waals surface area contributed by atoms with Gasteiger partial charge in [-0.15, -0.1) is 0 Å². The predicted molar refractivity (Wildman–Crippen MR) is 134 cm³/mol. The zero-order chi connectivity index (χ0) is 22.0. The lowest BCUT2D eigenvalue weighted by Gasteiger charge is -2.33. The number of para-hydroxylation sites is 1. The maximum absolute atomic E-state index is 12.7. The summed E-state index contributed by atoms with van der Waals surface area (Å²) >= 11 is 1.67. The molecule has 3 aromatic carbocycles. The molecular weight excluding hydrogens is 414 g/mol. The zero-order valence-electron chi connectivity index (χ0n) is 18.2. The number of nitrogens with one attached hydrogen (secondary N) is 1. The van der Waals surface area contributed by atoms with E-state index in [1.807, 2.05) is 42.5 Å². The average Bonchev–Trinajstić information content (AvgIpc) is 2.83. The molecule has 3 aromatic rings. The second-order valence-electron chi connectivity index (χ2n) is 7.85. The van der Waals surface area contributed by atoms with Crippen LogP contribution >= 0.6 is 11.8 Å². The van der Waals surface area contributed by atoms with Gasteiger partial charge in [0.25, 0.3) is 0 Å². The SMILES string of the molecule is O=C(CN1CCN(C/C=C/c2ccccc2)CC1)Nc1ccccc1Sc1ccccc1. The average molecular weight is 444 g/mol. The molecule has 4 rings (SSSR count). The van der Waals surface area contributed by atoms with Crippen LogP contribution in [0.5, 0.6) is 0 Å². The number of anilines is 1. The summed E-state index contributed by atoms with van der Waals surface area (Å²) in [5.74, 6) is 0.0449. The molecule has 1 N–H and O–H groups in total. The van der Waals surface area contributed by atoms with E-state index in [4.69, 9.17) is 0 Å². The summed E-state index contributed by atoms with van der Waals surface area (Å²) in [6, 6.07) is 28.6. The predicted octanol–water partition coefficient (Wildman–Crippen LogP) is 5.11. The fourth-order valence-corrected chi connectivity index (χ4v) is 4.62. The van der Waals surface area contributed by atoms with Crippen molar-refractivity contribution in [2.24, 2.45) is 0 Å². The molecule has 0 atom stereocenters. The molecule has 1 fully saturated rings. The Morgan fingerprint density at radius 2 is 1.44 bits per heavy atom. The van der Waals surface area contributed by atoms with Gasteiger partial charge in [0.15, 0.2) is 0 Å². The molecule has 0 unspecified atom stereocenters. The maximum Gasteiger partial charge on any atom is 0.238 e. The topological polar surface area (TPSA) is 35.6 Å². The minimum absolute atomic E-state index is 0.0449. The van der Waals surface area contributed by atoms with Crippen LogP contribution < -0.4 is 5.32 Å². The Labute approximate surface area is 194 Å². The van der Waals surface area contributed by atoms with E-state index < -0.39 is 0 Å². The van der Waals surface area contributed by atoms with Gasteiger partial charge >= 0.3 is 0 Å². The van der Waals surface area contributed by atoms with Crippen LogP contribution in [0.4, 0.5) is 5.69 Å². The molecule has 1 saturated heterocycles. The largest absolute Gasteiger partial charge is 0.324 e. The van der Waals surface area contributed by atoms with E-state index in [0.717, 1.165) is 48.2 Å². The minimum Gasteiger partial charge on any atom is -0.324 e. The van der Waals surface area contributed by atoms with Crippen molar-refractivity contribution in [3.8, 4) is 0 Å². The van der Waals surface area contributed by atoms with Gasteiger partial charge in [-0.2, -0.15) is 0 Å². The van der Waals surface area contributed by atoms with Gasteiger partial charge in [-0.05, 0) is 29.8 Å². The van der Waals surface area contributed by atoms with Crippen LogP contribution in [0.3, 0.4) is 0 Å². The third-order valence-corrected chi connectivity index (χ3v) is 6.52. The lowest BCUT2D eigenvalue weighted by Crippen LogP contribution is -2.48. The molecule has 1 aliphatic heterocycles. The highest BCUT2D eigenvalue weighted by Gasteiger charge is 2.18. The van der Waals surface area contributed by atoms with Crippen LogP contribution in [0.15, 0.2) is 101 Å². The summed E-state index contributed by atoms with van der Waals surface area (Å²) in [5, 5.41) is 3.12. The number of hydrogen-bond donors (Lipinski definition) is 1. The van der Waals surface area contributed by atoms with Crippen LogP contribution in [0, 0.1) is 0 Å². The first kappa shape index (κ1) is 22.3. The van der Waals surface area contributed by atoms with Crippen LogP contribution in [0.1, 0.15) is 5.56 Å². The third kappa shape index (κ3) is 6.82. The van der Waals surface area contributed by atoms with Gasteiger partial charge in [0.1, 0.15) is 0 Å². The Kier molecular flexibility index (Phi) is 8.15. The Morgan fingerprint density at radius 3 is 2.19 bits per heavy atom. The third-order valence-electron chi connectivity index (χ3n) is 5.44. The van der Waals surface area contributed by atoms with Crippen molar-refractivity contribution >= 4 is 29.4 Å². The van der Waals surface area contributed by atoms with Gasteiger partial charge < -0.3 is 5.32 Å². The van der Waals surface area contributed by atoms with Gasteiger partial charge in [0, 0.05) is 42.5 Å². The van der Waals surface area contributed by atoms with Crippen molar-refractivity contribution in [3.63, 3.8) is 0 Å². The Hall–Kier alpha value is -2.86. The monoisotopic (exact) mass is 443 g/mol. The van der Waals surface area contributed by atoms with E-state index in [0.29, 0.717) is 6.54 Å². The maximum atomic E-state index is 12.7. The summed E-state index contributed by atoms with van der Waals surface area (Å²) in [6.07, 6.45) is 4.39. The molecule has 5 heteroatoms. The van der Waals surface area contributed by atoms with Gasteiger partial charge in [-0.25, -0.2) is 0 Å². The van der Waals surface area contributed by atoms with Crippen LogP contribution in [-0.4, -0.2) is 55.0 Å². The molecule has 164 valence electrons. The highest BCUT2D eigenvalue weighted by atomic mass is 32.2. The highest BCUT2D eigenvalue weighted by Crippen LogP contribution is 2.33. The molecule has 0 saturated carbocycles. The van der Waals surface area contributed by atoms with Gasteiger partial charge in [0.05, 0.1) is 12.2 Å². The van der Waals surface area contributed by atoms with Gasteiger partial charge in [-0.1, -0.05) is 84.6 Å². The number of nitrogens with zero attached hydrogens (tertiary/aromatic N) is 2. The van der Waals surface area contributed by atoms with Crippen LogP contribution in [0.25, 0.3) is 6.08 Å². The Bertz CT molecular complexity index is 1020. The van der Waals surface area contributed by atoms with Crippen molar-refractivity contribution in [2.45, 2.75) is 9.79 Å². The number of benzene rings is 3. The van der Waals surface area contributed by atoms with E-state index >= 15 is 0 Å². The number of amides is 1. The second kappa shape index (κ2) is 11.7. The van der Waals surface area contributed by atoms with Crippen molar-refractivity contribution in [2.75, 3.05) is 44.6 Å². The Morgan fingerprint density at radius 1 is 0.812 bits per heavy atom. The summed E-state index contributed by atoms with van der Waals surface area (Å²) < 4.78 is 0. The molecule has 1 aliphatic rings. The van der Waals surface area contributed by atoms with Gasteiger partial charge in [-0.3, -0.25) is 14.6 Å². The molecule has 0 bridgehead atoms. The molecule has 4 nitrogen and oxygen atoms in total. The molecule has 0 radical (unpaired) electrons. The normalized spacial score (nSPS) is 15.1. The fourth-order valence-electron chi connectivity index (χ4n) is 3.70. The van der Waals surface area contributed by atoms with Gasteiger partial charge in [0.2, 0.25) is 5.91 Å². The number of piperazine rings is 1. The molecule has 0 aliphatic carbocycles. The first-order chi connectivity index (χ1) is 15.8. The quantitative estimate of drug-likeness (QED) is 0.525. The summed E-state index contributed by atoms with van der Waals surface area (Å²) in [7, 11) is 0. The van der Waals surface area contributed by atoms with E-state index in [9.17, 15) is 4.79 Å². The lowest BCUT2D eigenvalue weighted by molar-refractivity contribution is -0.117. The van der Waals surface area contributed by atoms with E-state index in [1.54, 1.807) is 11.8 Å². The lowest BCUT2D eigenvalue weighted by atomic mass is 10.2. The molecule has 0 spiro atoms. The number of rotatable bonds is 8. The first-order valence-corrected chi connectivity index (χ1v) is 11.9. The van der Waals surface area contributed by atoms with E-state index in [2.05, 4.69) is 69.7 Å². The molecule has 1 heterocycles. The first-order valence-electron chi connectivity index (χ1n) is 11.0. The summed E-state index contributed by atoms with van der Waals surface area (Å²) in [4.78, 5) is 19.6. The molecule has 0 aromatic heterocycles. The molecule has 32 heavy (non-hydrogen) atoms. The van der Waals surface area contributed by atoms with Crippen LogP contribution in [-0.2, 0) is 4.79 Å². The number of hydrogen-bond acceptors (Lipinski definition) is 4. The minimum atomic E-state index is 0.0449. The van der Waals surface area contributed by atoms with Crippen molar-refractivity contribution < 1.29 is 4.79 Å². The molecule has 1 amide bonds. The number of carbonyl (C=O) groups is 1. The van der Waals surface area contributed by atoms with E-state index in [1.165, 1.54) is 5.56 Å². The van der Waals surface area contributed by atoms with Crippen molar-refractivity contribution in [1.29, 1.82) is 0 Å². The fraction of sp³-hybridized carbons (Fsp3) is 0.222. The Balaban J connectivity index is 1.23. The van der Waals surface area contributed by atoms with E-state index in [-0.39, 0.29) is 5.91 Å². The number of carbonyl (C=O) groups excluding carboxylic acids is 1. The van der Waals surface area contributed by atoms with Crippen LogP contribution in [0.2, 0.25) is 0 Å². The standard InChI is InChI=1S/C27H29N3OS/c31-27(28-25-15-7-8-16-26(25)32-24-13-5-2-6-14-24)22-30-20-18-29(19-21-30)17-9-12-23-10-3-1-4-11-23/h1-16H,17-22H2,(H,28,31)/b12-9+. The zero-order valence-corrected chi connectivity index (χ0v) is 19.0. The highest BCUT2D eigenvalue weighted by molar-refractivity contribution is 7.99. The smallest absolute Gasteiger partial charge is 0.238 e. The second-order valence-corrected chi connectivity index (χ2v) is 8.96. The summed E-state index contributed by atoms with van der Waals surface area (Å²) in [6.45, 7) is 5.15. The summed E-state index contributed by atoms with van der Waals surface area (Å²) in [5.41, 5.74) is 2.10.